The Morgan fingerprint density at radius 1 is 0.944 bits per heavy atom. The maximum Gasteiger partial charge on any atom is 0.0977 e. The minimum atomic E-state index is -0.900. The molecule has 0 aromatic heterocycles. The van der Waals surface area contributed by atoms with Crippen LogP contribution < -0.4 is 0 Å². The number of rotatable bonds is 2. The Balaban J connectivity index is 2.09. The Hall–Kier alpha value is -2.04. The lowest BCUT2D eigenvalue weighted by atomic mass is 9.93. The Morgan fingerprint density at radius 3 is 2.11 bits per heavy atom. The molecule has 0 aliphatic rings. The predicted molar refractivity (Wildman–Crippen MR) is 73.9 cm³/mol. The summed E-state index contributed by atoms with van der Waals surface area (Å²) < 4.78 is 0. The summed E-state index contributed by atoms with van der Waals surface area (Å²) in [6, 6.07) is 19.4. The summed E-state index contributed by atoms with van der Waals surface area (Å²) in [6.45, 7) is 1.79. The third kappa shape index (κ3) is 3.23. The summed E-state index contributed by atoms with van der Waals surface area (Å²) in [7, 11) is 0. The SMILES string of the molecule is C[C@](O)(CC#Cc1ccccc1)c1ccccc1. The fourth-order valence-corrected chi connectivity index (χ4v) is 1.74. The Bertz CT molecular complexity index is 544. The van der Waals surface area contributed by atoms with Crippen LogP contribution in [0.4, 0.5) is 0 Å². The Morgan fingerprint density at radius 2 is 1.50 bits per heavy atom. The summed E-state index contributed by atoms with van der Waals surface area (Å²) in [6.07, 6.45) is 0.423. The molecule has 0 heterocycles. The van der Waals surface area contributed by atoms with Gasteiger partial charge in [-0.2, -0.15) is 0 Å². The van der Waals surface area contributed by atoms with Crippen LogP contribution in [0.3, 0.4) is 0 Å². The second-order valence-corrected chi connectivity index (χ2v) is 4.48. The molecule has 2 rings (SSSR count). The van der Waals surface area contributed by atoms with Crippen LogP contribution in [-0.4, -0.2) is 5.11 Å². The van der Waals surface area contributed by atoms with Gasteiger partial charge in [-0.05, 0) is 24.6 Å². The molecule has 0 spiro atoms. The van der Waals surface area contributed by atoms with Crippen LogP contribution in [0.1, 0.15) is 24.5 Å². The van der Waals surface area contributed by atoms with Crippen LogP contribution in [0, 0.1) is 11.8 Å². The van der Waals surface area contributed by atoms with Crippen LogP contribution >= 0.6 is 0 Å². The lowest BCUT2D eigenvalue weighted by Gasteiger charge is -2.20. The minimum Gasteiger partial charge on any atom is -0.384 e. The third-order valence-corrected chi connectivity index (χ3v) is 2.83. The van der Waals surface area contributed by atoms with Crippen molar-refractivity contribution in [2.24, 2.45) is 0 Å². The number of benzene rings is 2. The Kier molecular flexibility index (Phi) is 3.82. The van der Waals surface area contributed by atoms with Crippen molar-refractivity contribution >= 4 is 0 Å². The van der Waals surface area contributed by atoms with Gasteiger partial charge in [0.2, 0.25) is 0 Å². The topological polar surface area (TPSA) is 20.2 Å². The molecular weight excluding hydrogens is 220 g/mol. The molecule has 1 N–H and O–H groups in total. The van der Waals surface area contributed by atoms with Crippen molar-refractivity contribution in [1.82, 2.24) is 0 Å². The van der Waals surface area contributed by atoms with Crippen molar-refractivity contribution in [3.05, 3.63) is 71.8 Å². The van der Waals surface area contributed by atoms with Gasteiger partial charge in [0, 0.05) is 12.0 Å². The van der Waals surface area contributed by atoms with Gasteiger partial charge >= 0.3 is 0 Å². The second-order valence-electron chi connectivity index (χ2n) is 4.48. The van der Waals surface area contributed by atoms with Crippen LogP contribution in [-0.2, 0) is 5.60 Å². The van der Waals surface area contributed by atoms with Gasteiger partial charge in [0.05, 0.1) is 5.60 Å². The number of aliphatic hydroxyl groups is 1. The van der Waals surface area contributed by atoms with Crippen LogP contribution in [0.15, 0.2) is 60.7 Å². The maximum absolute atomic E-state index is 10.4. The van der Waals surface area contributed by atoms with Gasteiger partial charge in [-0.1, -0.05) is 60.4 Å². The van der Waals surface area contributed by atoms with E-state index in [0.717, 1.165) is 11.1 Å². The van der Waals surface area contributed by atoms with E-state index in [2.05, 4.69) is 11.8 Å². The van der Waals surface area contributed by atoms with E-state index >= 15 is 0 Å². The standard InChI is InChI=1S/C17H16O/c1-17(18,16-12-6-3-7-13-16)14-8-11-15-9-4-2-5-10-15/h2-7,9-10,12-13,18H,14H2,1H3/t17-/m0/s1. The first-order valence-electron chi connectivity index (χ1n) is 6.00. The van der Waals surface area contributed by atoms with Gasteiger partial charge in [0.1, 0.15) is 0 Å². The lowest BCUT2D eigenvalue weighted by Crippen LogP contribution is -2.19. The third-order valence-electron chi connectivity index (χ3n) is 2.83. The number of hydrogen-bond acceptors (Lipinski definition) is 1. The predicted octanol–water partition coefficient (Wildman–Crippen LogP) is 3.34. The van der Waals surface area contributed by atoms with Gasteiger partial charge in [-0.3, -0.25) is 0 Å². The molecule has 18 heavy (non-hydrogen) atoms. The highest BCUT2D eigenvalue weighted by molar-refractivity contribution is 5.34. The zero-order chi connectivity index (χ0) is 12.8. The van der Waals surface area contributed by atoms with E-state index < -0.39 is 5.60 Å². The highest BCUT2D eigenvalue weighted by Crippen LogP contribution is 2.23. The average molecular weight is 236 g/mol. The van der Waals surface area contributed by atoms with Gasteiger partial charge in [-0.15, -0.1) is 0 Å². The van der Waals surface area contributed by atoms with E-state index in [9.17, 15) is 5.11 Å². The lowest BCUT2D eigenvalue weighted by molar-refractivity contribution is 0.0629. The minimum absolute atomic E-state index is 0.423. The summed E-state index contributed by atoms with van der Waals surface area (Å²) in [5.74, 6) is 6.10. The fraction of sp³-hybridized carbons (Fsp3) is 0.176. The smallest absolute Gasteiger partial charge is 0.0977 e. The van der Waals surface area contributed by atoms with Crippen molar-refractivity contribution in [2.75, 3.05) is 0 Å². The van der Waals surface area contributed by atoms with Gasteiger partial charge in [0.15, 0.2) is 0 Å². The summed E-state index contributed by atoms with van der Waals surface area (Å²) in [4.78, 5) is 0. The molecule has 0 unspecified atom stereocenters. The second kappa shape index (κ2) is 5.53. The van der Waals surface area contributed by atoms with E-state index in [1.807, 2.05) is 60.7 Å². The quantitative estimate of drug-likeness (QED) is 0.793. The molecule has 2 aromatic rings. The van der Waals surface area contributed by atoms with Crippen molar-refractivity contribution < 1.29 is 5.11 Å². The molecule has 1 nitrogen and oxygen atoms in total. The van der Waals surface area contributed by atoms with Gasteiger partial charge in [-0.25, -0.2) is 0 Å². The monoisotopic (exact) mass is 236 g/mol. The molecule has 1 heteroatoms. The van der Waals surface area contributed by atoms with E-state index in [0.29, 0.717) is 6.42 Å². The van der Waals surface area contributed by atoms with Gasteiger partial charge in [0.25, 0.3) is 0 Å². The first-order chi connectivity index (χ1) is 8.68. The molecule has 0 amide bonds. The molecule has 0 aliphatic heterocycles. The van der Waals surface area contributed by atoms with Crippen LogP contribution in [0.5, 0.6) is 0 Å². The highest BCUT2D eigenvalue weighted by Gasteiger charge is 2.20. The van der Waals surface area contributed by atoms with E-state index in [1.54, 1.807) is 6.92 Å². The largest absolute Gasteiger partial charge is 0.384 e. The molecular formula is C17H16O. The molecule has 0 fully saturated rings. The molecule has 0 aliphatic carbocycles. The molecule has 0 saturated heterocycles. The highest BCUT2D eigenvalue weighted by atomic mass is 16.3. The fourth-order valence-electron chi connectivity index (χ4n) is 1.74. The van der Waals surface area contributed by atoms with Crippen LogP contribution in [0.25, 0.3) is 0 Å². The van der Waals surface area contributed by atoms with Crippen molar-refractivity contribution in [3.63, 3.8) is 0 Å². The molecule has 0 radical (unpaired) electrons. The first-order valence-corrected chi connectivity index (χ1v) is 6.00. The van der Waals surface area contributed by atoms with Crippen molar-refractivity contribution in [1.29, 1.82) is 0 Å². The van der Waals surface area contributed by atoms with E-state index in [4.69, 9.17) is 0 Å². The van der Waals surface area contributed by atoms with Gasteiger partial charge < -0.3 is 5.11 Å². The van der Waals surface area contributed by atoms with E-state index in [1.165, 1.54) is 0 Å². The molecule has 2 aromatic carbocycles. The average Bonchev–Trinajstić information content (AvgIpc) is 2.41. The van der Waals surface area contributed by atoms with Crippen molar-refractivity contribution in [2.45, 2.75) is 18.9 Å². The zero-order valence-corrected chi connectivity index (χ0v) is 10.4. The molecule has 0 bridgehead atoms. The van der Waals surface area contributed by atoms with Crippen LogP contribution in [0.2, 0.25) is 0 Å². The summed E-state index contributed by atoms with van der Waals surface area (Å²) in [5.41, 5.74) is 0.969. The normalized spacial score (nSPS) is 13.2. The first kappa shape index (κ1) is 12.4. The zero-order valence-electron chi connectivity index (χ0n) is 10.4. The number of hydrogen-bond donors (Lipinski definition) is 1. The molecule has 90 valence electrons. The van der Waals surface area contributed by atoms with E-state index in [-0.39, 0.29) is 0 Å². The van der Waals surface area contributed by atoms with Crippen molar-refractivity contribution in [3.8, 4) is 11.8 Å². The maximum atomic E-state index is 10.4. The summed E-state index contributed by atoms with van der Waals surface area (Å²) >= 11 is 0. The molecule has 1 atom stereocenters. The molecule has 0 saturated carbocycles. The Labute approximate surface area is 108 Å². The summed E-state index contributed by atoms with van der Waals surface area (Å²) in [5, 5.41) is 10.4.